The van der Waals surface area contributed by atoms with E-state index in [9.17, 15) is 0 Å². The molecule has 0 amide bonds. The molecule has 0 aliphatic heterocycles. The van der Waals surface area contributed by atoms with Crippen LogP contribution in [0.25, 0.3) is 0 Å². The molecule has 0 unspecified atom stereocenters. The molecule has 1 nitrogen and oxygen atoms in total. The standard InChI is InChI=1S/C13H26.C9H12.C8H16.C7H9N.C4H10/c1-5-8-11-12(4)13(9-6-2)10-7-3;1-3-9-7-5-4-6-8(9)2;1-4-6-7-8(3)5-2;1-2-7-3-5-8-6-4-7;1-3-4-2/h13H,4-11H2,1-3H3;4-7H,3H2,1-2H3;3-7H2,1-2H3;3-6H,2H2,1H3;3-4H2,1-2H3. The van der Waals surface area contributed by atoms with Crippen LogP contribution in [0.5, 0.6) is 0 Å². The molecule has 0 N–H and O–H groups in total. The van der Waals surface area contributed by atoms with E-state index in [0.717, 1.165) is 25.2 Å². The Balaban J connectivity index is -0.000000471. The van der Waals surface area contributed by atoms with Gasteiger partial charge in [-0.25, -0.2) is 0 Å². The molecule has 1 aromatic heterocycles. The summed E-state index contributed by atoms with van der Waals surface area (Å²) in [6.07, 6.45) is 22.7. The smallest absolute Gasteiger partial charge is 0.0270 e. The zero-order chi connectivity index (χ0) is 32.4. The van der Waals surface area contributed by atoms with Crippen molar-refractivity contribution < 1.29 is 0 Å². The minimum Gasteiger partial charge on any atom is -0.265 e. The molecular weight excluding hydrogens is 506 g/mol. The lowest BCUT2D eigenvalue weighted by Gasteiger charge is -2.18. The van der Waals surface area contributed by atoms with Crippen LogP contribution < -0.4 is 0 Å². The lowest BCUT2D eigenvalue weighted by Crippen LogP contribution is -2.03. The number of aromatic nitrogens is 1. The van der Waals surface area contributed by atoms with Crippen molar-refractivity contribution in [2.45, 2.75) is 166 Å². The van der Waals surface area contributed by atoms with Crippen LogP contribution in [0.15, 0.2) is 73.1 Å². The molecule has 0 bridgehead atoms. The number of rotatable bonds is 15. The van der Waals surface area contributed by atoms with Gasteiger partial charge in [0.1, 0.15) is 0 Å². The number of hydrogen-bond acceptors (Lipinski definition) is 1. The van der Waals surface area contributed by atoms with E-state index in [2.05, 4.69) is 112 Å². The topological polar surface area (TPSA) is 12.9 Å². The van der Waals surface area contributed by atoms with E-state index in [1.807, 2.05) is 24.5 Å². The molecule has 0 saturated heterocycles. The van der Waals surface area contributed by atoms with Crippen LogP contribution in [-0.4, -0.2) is 4.98 Å². The maximum atomic E-state index is 4.23. The number of pyridine rings is 1. The van der Waals surface area contributed by atoms with Crippen LogP contribution in [0, 0.1) is 12.8 Å². The Labute approximate surface area is 265 Å². The predicted octanol–water partition coefficient (Wildman–Crippen LogP) is 14.1. The lowest BCUT2D eigenvalue weighted by molar-refractivity contribution is 0.486. The average molecular weight is 580 g/mol. The van der Waals surface area contributed by atoms with Gasteiger partial charge in [0.25, 0.3) is 0 Å². The Kier molecular flexibility index (Phi) is 37.0. The molecule has 2 rings (SSSR count). The molecule has 2 aromatic rings. The third-order valence-electron chi connectivity index (χ3n) is 7.39. The molecule has 0 saturated carbocycles. The maximum Gasteiger partial charge on any atom is 0.0270 e. The van der Waals surface area contributed by atoms with E-state index >= 15 is 0 Å². The normalized spacial score (nSPS) is 9.60. The Hall–Kier alpha value is -2.15. The van der Waals surface area contributed by atoms with Crippen LogP contribution >= 0.6 is 0 Å². The number of allylic oxidation sites excluding steroid dienone is 2. The highest BCUT2D eigenvalue weighted by molar-refractivity contribution is 5.25. The van der Waals surface area contributed by atoms with E-state index in [4.69, 9.17) is 0 Å². The van der Waals surface area contributed by atoms with Crippen molar-refractivity contribution >= 4 is 0 Å². The predicted molar refractivity (Wildman–Crippen MR) is 196 cm³/mol. The summed E-state index contributed by atoms with van der Waals surface area (Å²) in [5.74, 6) is 0.807. The van der Waals surface area contributed by atoms with Gasteiger partial charge in [0.05, 0.1) is 0 Å². The quantitative estimate of drug-likeness (QED) is 0.191. The van der Waals surface area contributed by atoms with Crippen molar-refractivity contribution in [1.82, 2.24) is 4.98 Å². The average Bonchev–Trinajstić information content (AvgIpc) is 3.04. The molecule has 42 heavy (non-hydrogen) atoms. The van der Waals surface area contributed by atoms with Crippen LogP contribution in [-0.2, 0) is 12.8 Å². The molecule has 0 spiro atoms. The minimum absolute atomic E-state index is 0.807. The fraction of sp³-hybridized carbons (Fsp3) is 0.634. The second-order valence-electron chi connectivity index (χ2n) is 11.2. The molecule has 1 aromatic carbocycles. The van der Waals surface area contributed by atoms with Crippen molar-refractivity contribution in [3.05, 3.63) is 89.8 Å². The van der Waals surface area contributed by atoms with E-state index in [0.29, 0.717) is 0 Å². The first-order chi connectivity index (χ1) is 20.3. The SMILES string of the molecule is C=C(CC)CCCC.C=C(CCCC)C(CCC)CCC.CCCC.CCc1ccccc1C.CCc1ccncc1. The van der Waals surface area contributed by atoms with E-state index in [1.165, 1.54) is 105 Å². The van der Waals surface area contributed by atoms with Crippen molar-refractivity contribution in [2.24, 2.45) is 5.92 Å². The number of nitrogens with zero attached hydrogens (tertiary/aromatic N) is 1. The van der Waals surface area contributed by atoms with Gasteiger partial charge in [0.15, 0.2) is 0 Å². The fourth-order valence-corrected chi connectivity index (χ4v) is 4.09. The van der Waals surface area contributed by atoms with Gasteiger partial charge in [0, 0.05) is 12.4 Å². The van der Waals surface area contributed by atoms with Gasteiger partial charge in [-0.2, -0.15) is 0 Å². The largest absolute Gasteiger partial charge is 0.265 e. The molecular formula is C41H73N. The molecule has 1 heterocycles. The molecule has 0 radical (unpaired) electrons. The first kappa shape index (κ1) is 44.3. The molecule has 0 aliphatic rings. The molecule has 242 valence electrons. The summed E-state index contributed by atoms with van der Waals surface area (Å²) in [5, 5.41) is 0. The highest BCUT2D eigenvalue weighted by Crippen LogP contribution is 2.25. The van der Waals surface area contributed by atoms with Crippen LogP contribution in [0.2, 0.25) is 0 Å². The van der Waals surface area contributed by atoms with Crippen molar-refractivity contribution in [3.8, 4) is 0 Å². The second-order valence-corrected chi connectivity index (χ2v) is 11.2. The van der Waals surface area contributed by atoms with Gasteiger partial charge in [-0.15, -0.1) is 0 Å². The van der Waals surface area contributed by atoms with Gasteiger partial charge in [-0.05, 0) is 99.5 Å². The van der Waals surface area contributed by atoms with Crippen LogP contribution in [0.3, 0.4) is 0 Å². The zero-order valence-electron chi connectivity index (χ0n) is 30.2. The van der Waals surface area contributed by atoms with Gasteiger partial charge < -0.3 is 0 Å². The summed E-state index contributed by atoms with van der Waals surface area (Å²) in [6, 6.07) is 12.6. The zero-order valence-corrected chi connectivity index (χ0v) is 30.2. The molecule has 0 fully saturated rings. The molecule has 0 atom stereocenters. The van der Waals surface area contributed by atoms with Crippen molar-refractivity contribution in [1.29, 1.82) is 0 Å². The molecule has 1 heteroatoms. The van der Waals surface area contributed by atoms with Gasteiger partial charge >= 0.3 is 0 Å². The monoisotopic (exact) mass is 580 g/mol. The van der Waals surface area contributed by atoms with Crippen molar-refractivity contribution in [2.75, 3.05) is 0 Å². The Morgan fingerprint density at radius 1 is 0.643 bits per heavy atom. The highest BCUT2D eigenvalue weighted by Gasteiger charge is 2.09. The summed E-state index contributed by atoms with van der Waals surface area (Å²) in [5.41, 5.74) is 7.11. The Morgan fingerprint density at radius 3 is 1.52 bits per heavy atom. The summed E-state index contributed by atoms with van der Waals surface area (Å²) < 4.78 is 0. The van der Waals surface area contributed by atoms with Crippen LogP contribution in [0.1, 0.15) is 162 Å². The van der Waals surface area contributed by atoms with Crippen molar-refractivity contribution in [3.63, 3.8) is 0 Å². The van der Waals surface area contributed by atoms with Gasteiger partial charge in [-0.1, -0.05) is 149 Å². The number of unbranched alkanes of at least 4 members (excludes halogenated alkanes) is 3. The fourth-order valence-electron chi connectivity index (χ4n) is 4.09. The summed E-state index contributed by atoms with van der Waals surface area (Å²) in [6.45, 7) is 30.1. The first-order valence-electron chi connectivity index (χ1n) is 17.5. The Morgan fingerprint density at radius 2 is 1.17 bits per heavy atom. The summed E-state index contributed by atoms with van der Waals surface area (Å²) >= 11 is 0. The van der Waals surface area contributed by atoms with Gasteiger partial charge in [0.2, 0.25) is 0 Å². The number of benzene rings is 1. The third-order valence-corrected chi connectivity index (χ3v) is 7.39. The van der Waals surface area contributed by atoms with E-state index < -0.39 is 0 Å². The number of hydrogen-bond donors (Lipinski definition) is 0. The maximum absolute atomic E-state index is 4.23. The minimum atomic E-state index is 0.807. The van der Waals surface area contributed by atoms with Gasteiger partial charge in [-0.3, -0.25) is 4.98 Å². The molecule has 0 aliphatic carbocycles. The summed E-state index contributed by atoms with van der Waals surface area (Å²) in [4.78, 5) is 3.89. The van der Waals surface area contributed by atoms with E-state index in [-0.39, 0.29) is 0 Å². The van der Waals surface area contributed by atoms with Crippen LogP contribution in [0.4, 0.5) is 0 Å². The second kappa shape index (κ2) is 35.0. The lowest BCUT2D eigenvalue weighted by atomic mass is 9.88. The number of aryl methyl sites for hydroxylation is 3. The summed E-state index contributed by atoms with van der Waals surface area (Å²) in [7, 11) is 0. The Bertz CT molecular complexity index is 812. The van der Waals surface area contributed by atoms with E-state index in [1.54, 1.807) is 0 Å². The first-order valence-corrected chi connectivity index (χ1v) is 17.5. The third kappa shape index (κ3) is 29.3. The highest BCUT2D eigenvalue weighted by atomic mass is 14.6.